The molecule has 1 heterocycles. The van der Waals surface area contributed by atoms with Crippen molar-refractivity contribution in [3.63, 3.8) is 0 Å². The van der Waals surface area contributed by atoms with Gasteiger partial charge in [0, 0.05) is 13.1 Å². The van der Waals surface area contributed by atoms with E-state index < -0.39 is 11.4 Å². The fourth-order valence-corrected chi connectivity index (χ4v) is 3.18. The van der Waals surface area contributed by atoms with Gasteiger partial charge in [-0.1, -0.05) is 31.5 Å². The van der Waals surface area contributed by atoms with Gasteiger partial charge >= 0.3 is 5.97 Å². The minimum atomic E-state index is -0.854. The van der Waals surface area contributed by atoms with E-state index in [1.807, 2.05) is 26.8 Å². The van der Waals surface area contributed by atoms with Crippen LogP contribution >= 0.6 is 11.6 Å². The van der Waals surface area contributed by atoms with Crippen molar-refractivity contribution in [2.45, 2.75) is 27.2 Å². The summed E-state index contributed by atoms with van der Waals surface area (Å²) >= 11 is 6.14. The van der Waals surface area contributed by atoms with Crippen molar-refractivity contribution in [2.75, 3.05) is 13.1 Å². The van der Waals surface area contributed by atoms with E-state index >= 15 is 0 Å². The highest BCUT2D eigenvalue weighted by atomic mass is 35.5. The van der Waals surface area contributed by atoms with Gasteiger partial charge in [-0.2, -0.15) is 0 Å². The second-order valence-corrected chi connectivity index (χ2v) is 6.48. The van der Waals surface area contributed by atoms with Crippen LogP contribution in [0.4, 0.5) is 0 Å². The average molecular weight is 310 g/mol. The molecule has 0 saturated carbocycles. The van der Waals surface area contributed by atoms with Crippen LogP contribution in [0.5, 0.6) is 0 Å². The summed E-state index contributed by atoms with van der Waals surface area (Å²) in [6.45, 7) is 6.38. The highest BCUT2D eigenvalue weighted by Crippen LogP contribution is 2.39. The van der Waals surface area contributed by atoms with E-state index in [0.29, 0.717) is 23.6 Å². The molecule has 114 valence electrons. The SMILES string of the molecule is Cc1ccc(C(=O)N2CCC(C(=O)O)(C(C)C)C2)c(Cl)c1. The third kappa shape index (κ3) is 2.77. The predicted octanol–water partition coefficient (Wildman–Crippen LogP) is 3.22. The number of halogens is 1. The molecule has 1 saturated heterocycles. The molecule has 1 aliphatic rings. The summed E-state index contributed by atoms with van der Waals surface area (Å²) in [7, 11) is 0. The lowest BCUT2D eigenvalue weighted by Gasteiger charge is -2.28. The Kier molecular flexibility index (Phi) is 4.28. The summed E-state index contributed by atoms with van der Waals surface area (Å²) in [5.74, 6) is -1.05. The first-order valence-electron chi connectivity index (χ1n) is 7.07. The van der Waals surface area contributed by atoms with E-state index in [1.165, 1.54) is 0 Å². The number of carboxylic acid groups (broad SMARTS) is 1. The number of aryl methyl sites for hydroxylation is 1. The van der Waals surface area contributed by atoms with E-state index in [1.54, 1.807) is 17.0 Å². The minimum Gasteiger partial charge on any atom is -0.481 e. The number of likely N-dealkylation sites (tertiary alicyclic amines) is 1. The smallest absolute Gasteiger partial charge is 0.311 e. The van der Waals surface area contributed by atoms with Crippen LogP contribution in [-0.2, 0) is 4.79 Å². The number of hydrogen-bond acceptors (Lipinski definition) is 2. The number of nitrogens with zero attached hydrogens (tertiary/aromatic N) is 1. The lowest BCUT2D eigenvalue weighted by molar-refractivity contribution is -0.150. The van der Waals surface area contributed by atoms with E-state index in [4.69, 9.17) is 11.6 Å². The fourth-order valence-electron chi connectivity index (χ4n) is 2.86. The van der Waals surface area contributed by atoms with Crippen LogP contribution in [-0.4, -0.2) is 35.0 Å². The molecule has 1 N–H and O–H groups in total. The molecular formula is C16H20ClNO3. The van der Waals surface area contributed by atoms with Crippen molar-refractivity contribution in [1.29, 1.82) is 0 Å². The highest BCUT2D eigenvalue weighted by Gasteiger charge is 2.48. The zero-order chi connectivity index (χ0) is 15.8. The molecule has 5 heteroatoms. The van der Waals surface area contributed by atoms with Crippen molar-refractivity contribution in [1.82, 2.24) is 4.90 Å². The summed E-state index contributed by atoms with van der Waals surface area (Å²) in [4.78, 5) is 25.8. The third-order valence-corrected chi connectivity index (χ3v) is 4.79. The van der Waals surface area contributed by atoms with Crippen molar-refractivity contribution in [3.05, 3.63) is 34.3 Å². The molecule has 0 spiro atoms. The number of amides is 1. The lowest BCUT2D eigenvalue weighted by Crippen LogP contribution is -2.40. The molecule has 0 aliphatic carbocycles. The molecule has 1 unspecified atom stereocenters. The van der Waals surface area contributed by atoms with Gasteiger partial charge in [-0.25, -0.2) is 0 Å². The molecule has 0 bridgehead atoms. The van der Waals surface area contributed by atoms with Gasteiger partial charge in [-0.15, -0.1) is 0 Å². The maximum atomic E-state index is 12.6. The van der Waals surface area contributed by atoms with Crippen LogP contribution < -0.4 is 0 Å². The molecule has 0 radical (unpaired) electrons. The predicted molar refractivity (Wildman–Crippen MR) is 81.6 cm³/mol. The summed E-state index contributed by atoms with van der Waals surface area (Å²) in [6, 6.07) is 5.29. The molecule has 0 aromatic heterocycles. The second kappa shape index (κ2) is 5.68. The molecule has 1 amide bonds. The molecule has 1 atom stereocenters. The number of aliphatic carboxylic acids is 1. The highest BCUT2D eigenvalue weighted by molar-refractivity contribution is 6.33. The minimum absolute atomic E-state index is 0.0266. The Labute approximate surface area is 129 Å². The van der Waals surface area contributed by atoms with Gasteiger partial charge in [-0.05, 0) is 37.0 Å². The van der Waals surface area contributed by atoms with Gasteiger partial charge in [0.25, 0.3) is 5.91 Å². The molecule has 1 aliphatic heterocycles. The molecule has 21 heavy (non-hydrogen) atoms. The Balaban J connectivity index is 2.25. The summed E-state index contributed by atoms with van der Waals surface area (Å²) < 4.78 is 0. The summed E-state index contributed by atoms with van der Waals surface area (Å²) in [5, 5.41) is 9.95. The van der Waals surface area contributed by atoms with Crippen molar-refractivity contribution < 1.29 is 14.7 Å². The van der Waals surface area contributed by atoms with Crippen molar-refractivity contribution in [2.24, 2.45) is 11.3 Å². The van der Waals surface area contributed by atoms with Crippen LogP contribution in [0.1, 0.15) is 36.2 Å². The van der Waals surface area contributed by atoms with Gasteiger partial charge in [0.15, 0.2) is 0 Å². The van der Waals surface area contributed by atoms with Crippen LogP contribution in [0.15, 0.2) is 18.2 Å². The quantitative estimate of drug-likeness (QED) is 0.932. The number of carboxylic acids is 1. The zero-order valence-electron chi connectivity index (χ0n) is 12.5. The van der Waals surface area contributed by atoms with Gasteiger partial charge in [0.1, 0.15) is 0 Å². The Morgan fingerprint density at radius 2 is 2.05 bits per heavy atom. The average Bonchev–Trinajstić information content (AvgIpc) is 2.84. The van der Waals surface area contributed by atoms with Crippen LogP contribution in [0, 0.1) is 18.3 Å². The Morgan fingerprint density at radius 1 is 1.38 bits per heavy atom. The molecule has 2 rings (SSSR count). The monoisotopic (exact) mass is 309 g/mol. The Morgan fingerprint density at radius 3 is 2.52 bits per heavy atom. The largest absolute Gasteiger partial charge is 0.481 e. The molecule has 1 aromatic carbocycles. The molecule has 1 fully saturated rings. The Bertz CT molecular complexity index is 585. The normalized spacial score (nSPS) is 21.9. The van der Waals surface area contributed by atoms with Crippen LogP contribution in [0.25, 0.3) is 0 Å². The molecular weight excluding hydrogens is 290 g/mol. The van der Waals surface area contributed by atoms with E-state index in [2.05, 4.69) is 0 Å². The van der Waals surface area contributed by atoms with Gasteiger partial charge < -0.3 is 10.0 Å². The zero-order valence-corrected chi connectivity index (χ0v) is 13.3. The molecule has 4 nitrogen and oxygen atoms in total. The third-order valence-electron chi connectivity index (χ3n) is 4.47. The first-order valence-corrected chi connectivity index (χ1v) is 7.44. The number of hydrogen-bond donors (Lipinski definition) is 1. The maximum Gasteiger partial charge on any atom is 0.311 e. The topological polar surface area (TPSA) is 57.6 Å². The van der Waals surface area contributed by atoms with Gasteiger partial charge in [0.2, 0.25) is 0 Å². The summed E-state index contributed by atoms with van der Waals surface area (Å²) in [6.07, 6.45) is 0.481. The second-order valence-electron chi connectivity index (χ2n) is 6.08. The number of carbonyl (C=O) groups is 2. The Hall–Kier alpha value is -1.55. The van der Waals surface area contributed by atoms with E-state index in [0.717, 1.165) is 5.56 Å². The van der Waals surface area contributed by atoms with Crippen molar-refractivity contribution in [3.8, 4) is 0 Å². The van der Waals surface area contributed by atoms with Crippen LogP contribution in [0.2, 0.25) is 5.02 Å². The number of rotatable bonds is 3. The van der Waals surface area contributed by atoms with E-state index in [9.17, 15) is 14.7 Å². The number of benzene rings is 1. The fraction of sp³-hybridized carbons (Fsp3) is 0.500. The number of carbonyl (C=O) groups excluding carboxylic acids is 1. The lowest BCUT2D eigenvalue weighted by atomic mass is 9.76. The van der Waals surface area contributed by atoms with Crippen molar-refractivity contribution >= 4 is 23.5 Å². The standard InChI is InChI=1S/C16H20ClNO3/c1-10(2)16(15(20)21)6-7-18(9-16)14(19)12-5-4-11(3)8-13(12)17/h4-5,8,10H,6-7,9H2,1-3H3,(H,20,21). The van der Waals surface area contributed by atoms with Gasteiger partial charge in [-0.3, -0.25) is 9.59 Å². The first-order chi connectivity index (χ1) is 9.78. The van der Waals surface area contributed by atoms with Crippen LogP contribution in [0.3, 0.4) is 0 Å². The molecule has 1 aromatic rings. The van der Waals surface area contributed by atoms with Gasteiger partial charge in [0.05, 0.1) is 16.0 Å². The van der Waals surface area contributed by atoms with E-state index in [-0.39, 0.29) is 18.4 Å². The summed E-state index contributed by atoms with van der Waals surface area (Å²) in [5.41, 5.74) is 0.569. The maximum absolute atomic E-state index is 12.6. The first kappa shape index (κ1) is 15.8.